The fraction of sp³-hybridized carbons (Fsp3) is 0.0769. The number of hydrogen-bond acceptors (Lipinski definition) is 4. The van der Waals surface area contributed by atoms with Crippen molar-refractivity contribution in [1.82, 2.24) is 15.5 Å². The third kappa shape index (κ3) is 4.03. The lowest BCUT2D eigenvalue weighted by Crippen LogP contribution is -2.33. The van der Waals surface area contributed by atoms with E-state index in [0.717, 1.165) is 0 Å². The standard InChI is InChI=1S/C13H11ClN4O2/c14-10-6-7-11(18-17-10)16-12(19)8-15-13(20)9-4-2-1-3-5-9/h1-7H,8H2,(H,15,20)(H,16,18,19). The maximum Gasteiger partial charge on any atom is 0.251 e. The Bertz CT molecular complexity index is 602. The van der Waals surface area contributed by atoms with Crippen LogP contribution in [0.4, 0.5) is 5.82 Å². The number of carbonyl (C=O) groups excluding carboxylic acids is 2. The zero-order chi connectivity index (χ0) is 14.4. The Kier molecular flexibility index (Phi) is 4.62. The van der Waals surface area contributed by atoms with E-state index in [1.807, 2.05) is 6.07 Å². The lowest BCUT2D eigenvalue weighted by atomic mass is 10.2. The first kappa shape index (κ1) is 14.0. The van der Waals surface area contributed by atoms with Gasteiger partial charge in [-0.05, 0) is 24.3 Å². The van der Waals surface area contributed by atoms with Gasteiger partial charge in [-0.1, -0.05) is 29.8 Å². The number of nitrogens with zero attached hydrogens (tertiary/aromatic N) is 2. The van der Waals surface area contributed by atoms with Gasteiger partial charge in [0.1, 0.15) is 0 Å². The highest BCUT2D eigenvalue weighted by molar-refractivity contribution is 6.29. The van der Waals surface area contributed by atoms with Crippen molar-refractivity contribution in [2.75, 3.05) is 11.9 Å². The molecule has 20 heavy (non-hydrogen) atoms. The second-order valence-corrected chi connectivity index (χ2v) is 4.23. The second kappa shape index (κ2) is 6.63. The summed E-state index contributed by atoms with van der Waals surface area (Å²) in [6.45, 7) is -0.155. The number of hydrogen-bond donors (Lipinski definition) is 2. The minimum Gasteiger partial charge on any atom is -0.343 e. The highest BCUT2D eigenvalue weighted by atomic mass is 35.5. The Labute approximate surface area is 120 Å². The summed E-state index contributed by atoms with van der Waals surface area (Å²) in [4.78, 5) is 23.3. The first-order valence-electron chi connectivity index (χ1n) is 5.77. The fourth-order valence-electron chi connectivity index (χ4n) is 1.42. The summed E-state index contributed by atoms with van der Waals surface area (Å²) in [7, 11) is 0. The zero-order valence-corrected chi connectivity index (χ0v) is 11.1. The normalized spacial score (nSPS) is 9.85. The molecule has 2 rings (SSSR count). The molecule has 102 valence electrons. The van der Waals surface area contributed by atoms with Gasteiger partial charge in [0, 0.05) is 5.56 Å². The number of anilines is 1. The quantitative estimate of drug-likeness (QED) is 0.894. The summed E-state index contributed by atoms with van der Waals surface area (Å²) < 4.78 is 0. The molecule has 0 aliphatic carbocycles. The molecule has 2 N–H and O–H groups in total. The Morgan fingerprint density at radius 3 is 2.45 bits per heavy atom. The van der Waals surface area contributed by atoms with Crippen LogP contribution in [-0.2, 0) is 4.79 Å². The van der Waals surface area contributed by atoms with E-state index in [1.165, 1.54) is 12.1 Å². The smallest absolute Gasteiger partial charge is 0.251 e. The van der Waals surface area contributed by atoms with Crippen LogP contribution in [0.3, 0.4) is 0 Å². The average Bonchev–Trinajstić information content (AvgIpc) is 2.48. The summed E-state index contributed by atoms with van der Waals surface area (Å²) in [6.07, 6.45) is 0. The Hall–Kier alpha value is -2.47. The largest absolute Gasteiger partial charge is 0.343 e. The van der Waals surface area contributed by atoms with Gasteiger partial charge in [0.15, 0.2) is 11.0 Å². The zero-order valence-electron chi connectivity index (χ0n) is 10.3. The summed E-state index contributed by atoms with van der Waals surface area (Å²) in [5, 5.41) is 12.5. The van der Waals surface area contributed by atoms with Gasteiger partial charge in [0.25, 0.3) is 5.91 Å². The third-order valence-electron chi connectivity index (χ3n) is 2.34. The van der Waals surface area contributed by atoms with Gasteiger partial charge in [-0.25, -0.2) is 0 Å². The van der Waals surface area contributed by atoms with Crippen molar-refractivity contribution < 1.29 is 9.59 Å². The van der Waals surface area contributed by atoms with Crippen LogP contribution in [-0.4, -0.2) is 28.6 Å². The molecule has 0 atom stereocenters. The van der Waals surface area contributed by atoms with E-state index < -0.39 is 5.91 Å². The van der Waals surface area contributed by atoms with Gasteiger partial charge < -0.3 is 10.6 Å². The van der Waals surface area contributed by atoms with Crippen molar-refractivity contribution in [2.24, 2.45) is 0 Å². The first-order chi connectivity index (χ1) is 9.65. The first-order valence-corrected chi connectivity index (χ1v) is 6.15. The SMILES string of the molecule is O=C(CNC(=O)c1ccccc1)Nc1ccc(Cl)nn1. The number of amides is 2. The molecule has 0 saturated heterocycles. The minimum absolute atomic E-state index is 0.155. The Morgan fingerprint density at radius 2 is 1.80 bits per heavy atom. The maximum absolute atomic E-state index is 11.7. The molecule has 0 unspecified atom stereocenters. The predicted octanol–water partition coefficient (Wildman–Crippen LogP) is 1.50. The van der Waals surface area contributed by atoms with E-state index in [0.29, 0.717) is 5.56 Å². The molecule has 0 saturated carbocycles. The van der Waals surface area contributed by atoms with Crippen LogP contribution >= 0.6 is 11.6 Å². The lowest BCUT2D eigenvalue weighted by Gasteiger charge is -2.06. The van der Waals surface area contributed by atoms with E-state index in [-0.39, 0.29) is 23.4 Å². The van der Waals surface area contributed by atoms with E-state index in [2.05, 4.69) is 20.8 Å². The van der Waals surface area contributed by atoms with Crippen LogP contribution < -0.4 is 10.6 Å². The number of rotatable bonds is 4. The van der Waals surface area contributed by atoms with Crippen molar-refractivity contribution >= 4 is 29.2 Å². The lowest BCUT2D eigenvalue weighted by molar-refractivity contribution is -0.115. The van der Waals surface area contributed by atoms with Gasteiger partial charge in [-0.15, -0.1) is 10.2 Å². The number of benzene rings is 1. The van der Waals surface area contributed by atoms with Gasteiger partial charge in [0.05, 0.1) is 6.54 Å². The molecule has 1 aromatic heterocycles. The van der Waals surface area contributed by atoms with Crippen LogP contribution in [0, 0.1) is 0 Å². The van der Waals surface area contributed by atoms with E-state index >= 15 is 0 Å². The molecular formula is C13H11ClN4O2. The molecule has 0 aliphatic rings. The number of carbonyl (C=O) groups is 2. The molecule has 1 aromatic carbocycles. The number of aromatic nitrogens is 2. The molecular weight excluding hydrogens is 280 g/mol. The molecule has 0 fully saturated rings. The maximum atomic E-state index is 11.7. The van der Waals surface area contributed by atoms with Crippen LogP contribution in [0.25, 0.3) is 0 Å². The molecule has 6 nitrogen and oxygen atoms in total. The van der Waals surface area contributed by atoms with Crippen molar-refractivity contribution in [3.8, 4) is 0 Å². The van der Waals surface area contributed by atoms with Crippen LogP contribution in [0.5, 0.6) is 0 Å². The number of nitrogens with one attached hydrogen (secondary N) is 2. The van der Waals surface area contributed by atoms with Crippen LogP contribution in [0.2, 0.25) is 5.15 Å². The van der Waals surface area contributed by atoms with Gasteiger partial charge in [-0.3, -0.25) is 9.59 Å². The minimum atomic E-state index is -0.397. The van der Waals surface area contributed by atoms with Crippen molar-refractivity contribution in [2.45, 2.75) is 0 Å². The molecule has 2 aromatic rings. The molecule has 0 radical (unpaired) electrons. The van der Waals surface area contributed by atoms with E-state index in [9.17, 15) is 9.59 Å². The summed E-state index contributed by atoms with van der Waals surface area (Å²) in [5.41, 5.74) is 0.492. The summed E-state index contributed by atoms with van der Waals surface area (Å²) >= 11 is 5.58. The van der Waals surface area contributed by atoms with Crippen molar-refractivity contribution in [3.63, 3.8) is 0 Å². The highest BCUT2D eigenvalue weighted by Gasteiger charge is 2.08. The molecule has 0 spiro atoms. The van der Waals surface area contributed by atoms with Crippen LogP contribution in [0.1, 0.15) is 10.4 Å². The van der Waals surface area contributed by atoms with Gasteiger partial charge in [-0.2, -0.15) is 0 Å². The topological polar surface area (TPSA) is 84.0 Å². The van der Waals surface area contributed by atoms with E-state index in [1.54, 1.807) is 24.3 Å². The predicted molar refractivity (Wildman–Crippen MR) is 74.4 cm³/mol. The molecule has 1 heterocycles. The Morgan fingerprint density at radius 1 is 1.05 bits per heavy atom. The fourth-order valence-corrected chi connectivity index (χ4v) is 1.52. The number of halogens is 1. The summed E-state index contributed by atoms with van der Waals surface area (Å²) in [5.74, 6) is -0.442. The van der Waals surface area contributed by atoms with Gasteiger partial charge >= 0.3 is 0 Å². The monoisotopic (exact) mass is 290 g/mol. The van der Waals surface area contributed by atoms with Gasteiger partial charge in [0.2, 0.25) is 5.91 Å². The molecule has 7 heteroatoms. The summed E-state index contributed by atoms with van der Waals surface area (Å²) in [6, 6.07) is 11.7. The second-order valence-electron chi connectivity index (χ2n) is 3.84. The van der Waals surface area contributed by atoms with E-state index in [4.69, 9.17) is 11.6 Å². The Balaban J connectivity index is 1.83. The molecule has 0 aliphatic heterocycles. The molecule has 0 bridgehead atoms. The van der Waals surface area contributed by atoms with Crippen molar-refractivity contribution in [1.29, 1.82) is 0 Å². The van der Waals surface area contributed by atoms with Crippen LogP contribution in [0.15, 0.2) is 42.5 Å². The highest BCUT2D eigenvalue weighted by Crippen LogP contribution is 2.05. The van der Waals surface area contributed by atoms with Crippen molar-refractivity contribution in [3.05, 3.63) is 53.2 Å². The average molecular weight is 291 g/mol. The third-order valence-corrected chi connectivity index (χ3v) is 2.55. The molecule has 2 amide bonds.